The molecule has 0 radical (unpaired) electrons. The number of hydrogen-bond acceptors (Lipinski definition) is 4. The van der Waals surface area contributed by atoms with Crippen molar-refractivity contribution in [1.29, 1.82) is 0 Å². The second-order valence-electron chi connectivity index (χ2n) is 5.71. The van der Waals surface area contributed by atoms with E-state index < -0.39 is 6.23 Å². The monoisotopic (exact) mass is 322 g/mol. The standard InChI is InChI=1S/C18H30N2O3/c1-3-13-22-14-16(9-7-8-12-20-15(2)21)18(19)23-17-10-5-4-6-11-17/h4-6,10-11,16,18H,3,7-9,12-14,19H2,1-2H3,(H,20,21). The minimum atomic E-state index is -0.393. The molecule has 23 heavy (non-hydrogen) atoms. The first kappa shape index (κ1) is 19.5. The number of carbonyl (C=O) groups excluding carboxylic acids is 1. The molecule has 0 spiro atoms. The molecule has 1 aromatic rings. The molecule has 0 saturated heterocycles. The molecule has 0 saturated carbocycles. The van der Waals surface area contributed by atoms with Crippen molar-refractivity contribution in [2.24, 2.45) is 11.7 Å². The van der Waals surface area contributed by atoms with Crippen LogP contribution in [0.4, 0.5) is 0 Å². The van der Waals surface area contributed by atoms with Gasteiger partial charge in [0.1, 0.15) is 5.75 Å². The molecule has 2 atom stereocenters. The Morgan fingerprint density at radius 3 is 2.65 bits per heavy atom. The van der Waals surface area contributed by atoms with Crippen molar-refractivity contribution < 1.29 is 14.3 Å². The summed E-state index contributed by atoms with van der Waals surface area (Å²) in [7, 11) is 0. The molecule has 5 nitrogen and oxygen atoms in total. The van der Waals surface area contributed by atoms with Crippen LogP contribution >= 0.6 is 0 Å². The first-order chi connectivity index (χ1) is 11.1. The quantitative estimate of drug-likeness (QED) is 0.458. The van der Waals surface area contributed by atoms with E-state index in [0.717, 1.165) is 38.0 Å². The van der Waals surface area contributed by atoms with Crippen LogP contribution in [0.1, 0.15) is 39.5 Å². The second-order valence-corrected chi connectivity index (χ2v) is 5.71. The molecule has 1 amide bonds. The van der Waals surface area contributed by atoms with Gasteiger partial charge in [0, 0.05) is 26.0 Å². The van der Waals surface area contributed by atoms with Gasteiger partial charge in [0.15, 0.2) is 6.23 Å². The first-order valence-corrected chi connectivity index (χ1v) is 8.43. The van der Waals surface area contributed by atoms with Crippen molar-refractivity contribution in [3.05, 3.63) is 30.3 Å². The number of para-hydroxylation sites is 1. The van der Waals surface area contributed by atoms with Crippen LogP contribution in [0.5, 0.6) is 5.75 Å². The molecule has 130 valence electrons. The summed E-state index contributed by atoms with van der Waals surface area (Å²) in [5, 5.41) is 2.81. The first-order valence-electron chi connectivity index (χ1n) is 8.43. The molecule has 0 aliphatic rings. The predicted octanol–water partition coefficient (Wildman–Crippen LogP) is 2.70. The van der Waals surface area contributed by atoms with Crippen LogP contribution in [-0.2, 0) is 9.53 Å². The van der Waals surface area contributed by atoms with Gasteiger partial charge in [0.2, 0.25) is 5.91 Å². The SMILES string of the molecule is CCCOCC(CCCCNC(C)=O)C(N)Oc1ccccc1. The van der Waals surface area contributed by atoms with Gasteiger partial charge in [-0.15, -0.1) is 0 Å². The van der Waals surface area contributed by atoms with Gasteiger partial charge in [-0.05, 0) is 31.4 Å². The number of nitrogens with one attached hydrogen (secondary N) is 1. The van der Waals surface area contributed by atoms with Gasteiger partial charge in [-0.1, -0.05) is 31.5 Å². The Kier molecular flexibility index (Phi) is 10.1. The van der Waals surface area contributed by atoms with E-state index in [1.54, 1.807) is 0 Å². The summed E-state index contributed by atoms with van der Waals surface area (Å²) < 4.78 is 11.5. The van der Waals surface area contributed by atoms with E-state index in [9.17, 15) is 4.79 Å². The lowest BCUT2D eigenvalue weighted by molar-refractivity contribution is -0.118. The number of benzene rings is 1. The number of unbranched alkanes of at least 4 members (excludes halogenated alkanes) is 1. The summed E-state index contributed by atoms with van der Waals surface area (Å²) in [6, 6.07) is 9.61. The Balaban J connectivity index is 2.41. The molecule has 0 aliphatic carbocycles. The topological polar surface area (TPSA) is 73.6 Å². The smallest absolute Gasteiger partial charge is 0.216 e. The van der Waals surface area contributed by atoms with Gasteiger partial charge in [-0.2, -0.15) is 0 Å². The molecule has 0 heterocycles. The Bertz CT molecular complexity index is 426. The van der Waals surface area contributed by atoms with Crippen molar-refractivity contribution in [2.45, 2.75) is 45.8 Å². The maximum absolute atomic E-state index is 10.9. The summed E-state index contributed by atoms with van der Waals surface area (Å²) in [6.07, 6.45) is 3.42. The Labute approximate surface area is 139 Å². The lowest BCUT2D eigenvalue weighted by atomic mass is 10.0. The van der Waals surface area contributed by atoms with E-state index >= 15 is 0 Å². The number of rotatable bonds is 12. The number of nitrogens with two attached hydrogens (primary N) is 1. The Morgan fingerprint density at radius 2 is 2.00 bits per heavy atom. The highest BCUT2D eigenvalue weighted by Gasteiger charge is 2.19. The average molecular weight is 322 g/mol. The van der Waals surface area contributed by atoms with Gasteiger partial charge in [-0.3, -0.25) is 10.5 Å². The average Bonchev–Trinajstić information content (AvgIpc) is 2.53. The maximum Gasteiger partial charge on any atom is 0.216 e. The molecule has 0 aliphatic heterocycles. The molecule has 3 N–H and O–H groups in total. The number of amides is 1. The molecular weight excluding hydrogens is 292 g/mol. The fourth-order valence-electron chi connectivity index (χ4n) is 2.27. The van der Waals surface area contributed by atoms with Crippen LogP contribution in [-0.4, -0.2) is 31.9 Å². The third-order valence-electron chi connectivity index (χ3n) is 3.54. The van der Waals surface area contributed by atoms with E-state index in [2.05, 4.69) is 12.2 Å². The minimum absolute atomic E-state index is 0.0111. The number of ether oxygens (including phenoxy) is 2. The number of hydrogen-bond donors (Lipinski definition) is 2. The van der Waals surface area contributed by atoms with Crippen molar-refractivity contribution in [3.8, 4) is 5.75 Å². The summed E-state index contributed by atoms with van der Waals surface area (Å²) in [5.41, 5.74) is 6.22. The summed E-state index contributed by atoms with van der Waals surface area (Å²) >= 11 is 0. The summed E-state index contributed by atoms with van der Waals surface area (Å²) in [5.74, 6) is 0.926. The van der Waals surface area contributed by atoms with E-state index in [1.807, 2.05) is 30.3 Å². The van der Waals surface area contributed by atoms with Crippen LogP contribution in [0, 0.1) is 5.92 Å². The highest BCUT2D eigenvalue weighted by molar-refractivity contribution is 5.72. The second kappa shape index (κ2) is 11.9. The third kappa shape index (κ3) is 9.21. The summed E-state index contributed by atoms with van der Waals surface area (Å²) in [4.78, 5) is 10.9. The van der Waals surface area contributed by atoms with Crippen LogP contribution in [0.15, 0.2) is 30.3 Å². The van der Waals surface area contributed by atoms with Gasteiger partial charge in [0.05, 0.1) is 6.61 Å². The Morgan fingerprint density at radius 1 is 1.26 bits per heavy atom. The fourth-order valence-corrected chi connectivity index (χ4v) is 2.27. The van der Waals surface area contributed by atoms with E-state index in [-0.39, 0.29) is 11.8 Å². The Hall–Kier alpha value is -1.59. The van der Waals surface area contributed by atoms with Crippen molar-refractivity contribution in [1.82, 2.24) is 5.32 Å². The molecule has 0 fully saturated rings. The third-order valence-corrected chi connectivity index (χ3v) is 3.54. The van der Waals surface area contributed by atoms with Crippen LogP contribution in [0.3, 0.4) is 0 Å². The highest BCUT2D eigenvalue weighted by Crippen LogP contribution is 2.17. The zero-order valence-electron chi connectivity index (χ0n) is 14.3. The molecule has 1 aromatic carbocycles. The van der Waals surface area contributed by atoms with Crippen LogP contribution in [0.25, 0.3) is 0 Å². The van der Waals surface area contributed by atoms with Gasteiger partial charge in [0.25, 0.3) is 0 Å². The fraction of sp³-hybridized carbons (Fsp3) is 0.611. The zero-order valence-corrected chi connectivity index (χ0v) is 14.3. The molecule has 0 bridgehead atoms. The van der Waals surface area contributed by atoms with Crippen LogP contribution in [0.2, 0.25) is 0 Å². The molecule has 2 unspecified atom stereocenters. The van der Waals surface area contributed by atoms with Gasteiger partial charge >= 0.3 is 0 Å². The molecular formula is C18H30N2O3. The largest absolute Gasteiger partial charge is 0.475 e. The molecule has 0 aromatic heterocycles. The molecule has 1 rings (SSSR count). The number of carbonyl (C=O) groups is 1. The maximum atomic E-state index is 10.9. The predicted molar refractivity (Wildman–Crippen MR) is 92.2 cm³/mol. The minimum Gasteiger partial charge on any atom is -0.475 e. The van der Waals surface area contributed by atoms with Crippen LogP contribution < -0.4 is 15.8 Å². The van der Waals surface area contributed by atoms with Crippen molar-refractivity contribution in [3.63, 3.8) is 0 Å². The summed E-state index contributed by atoms with van der Waals surface area (Å²) in [6.45, 7) is 5.66. The lowest BCUT2D eigenvalue weighted by Crippen LogP contribution is -2.38. The van der Waals surface area contributed by atoms with E-state index in [0.29, 0.717) is 13.2 Å². The van der Waals surface area contributed by atoms with Crippen molar-refractivity contribution >= 4 is 5.91 Å². The van der Waals surface area contributed by atoms with Gasteiger partial charge in [-0.25, -0.2) is 0 Å². The highest BCUT2D eigenvalue weighted by atomic mass is 16.5. The lowest BCUT2D eigenvalue weighted by Gasteiger charge is -2.24. The van der Waals surface area contributed by atoms with Crippen molar-refractivity contribution in [2.75, 3.05) is 19.8 Å². The zero-order chi connectivity index (χ0) is 16.9. The normalized spacial score (nSPS) is 13.3. The molecule has 5 heteroatoms. The van der Waals surface area contributed by atoms with Gasteiger partial charge < -0.3 is 14.8 Å². The van der Waals surface area contributed by atoms with E-state index in [4.69, 9.17) is 15.2 Å². The van der Waals surface area contributed by atoms with E-state index in [1.165, 1.54) is 6.92 Å².